The minimum absolute atomic E-state index is 0.0301. The van der Waals surface area contributed by atoms with Gasteiger partial charge in [0.2, 0.25) is 0 Å². The first kappa shape index (κ1) is 11.0. The van der Waals surface area contributed by atoms with E-state index in [1.807, 2.05) is 0 Å². The molecule has 0 fully saturated rings. The summed E-state index contributed by atoms with van der Waals surface area (Å²) in [6.07, 6.45) is 3.96. The second-order valence-electron chi connectivity index (χ2n) is 1.91. The monoisotopic (exact) mass is 184 g/mol. The Bertz CT molecular complexity index is 282. The van der Waals surface area contributed by atoms with Crippen LogP contribution in [0.5, 0.6) is 0 Å². The van der Waals surface area contributed by atoms with E-state index in [4.69, 9.17) is 15.0 Å². The van der Waals surface area contributed by atoms with Crippen LogP contribution in [0.1, 0.15) is 17.4 Å². The fourth-order valence-corrected chi connectivity index (χ4v) is 0.410. The van der Waals surface area contributed by atoms with Crippen LogP contribution < -0.4 is 0 Å². The Morgan fingerprint density at radius 2 is 1.85 bits per heavy atom. The van der Waals surface area contributed by atoms with Gasteiger partial charge in [-0.1, -0.05) is 0 Å². The number of carboxylic acids is 2. The highest BCUT2D eigenvalue weighted by molar-refractivity contribution is 5.84. The summed E-state index contributed by atoms with van der Waals surface area (Å²) < 4.78 is 0. The van der Waals surface area contributed by atoms with Crippen molar-refractivity contribution in [1.29, 1.82) is 0 Å². The van der Waals surface area contributed by atoms with Gasteiger partial charge >= 0.3 is 5.97 Å². The topological polar surface area (TPSA) is 100 Å². The molecule has 0 aliphatic heterocycles. The van der Waals surface area contributed by atoms with E-state index < -0.39 is 11.9 Å². The van der Waals surface area contributed by atoms with Crippen molar-refractivity contribution in [2.24, 2.45) is 0 Å². The molecule has 6 heteroatoms. The quantitative estimate of drug-likeness (QED) is 0.649. The second kappa shape index (κ2) is 5.64. The third-order valence-corrected chi connectivity index (χ3v) is 0.782. The zero-order valence-electron chi connectivity index (χ0n) is 6.84. The number of carboxylic acid groups (broad SMARTS) is 2. The first-order chi connectivity index (χ1) is 6.04. The molecule has 0 amide bonds. The molecular formula is C7H8N2O4. The van der Waals surface area contributed by atoms with Crippen LogP contribution in [0.4, 0.5) is 0 Å². The van der Waals surface area contributed by atoms with E-state index in [0.29, 0.717) is 0 Å². The van der Waals surface area contributed by atoms with Crippen LogP contribution in [-0.2, 0) is 4.79 Å². The maximum absolute atomic E-state index is 10.1. The van der Waals surface area contributed by atoms with Gasteiger partial charge in [-0.2, -0.15) is 0 Å². The zero-order chi connectivity index (χ0) is 10.3. The molecule has 0 saturated carbocycles. The summed E-state index contributed by atoms with van der Waals surface area (Å²) in [4.78, 5) is 26.2. The summed E-state index contributed by atoms with van der Waals surface area (Å²) in [5, 5.41) is 15.7. The minimum atomic E-state index is -1.05. The van der Waals surface area contributed by atoms with Crippen molar-refractivity contribution in [2.45, 2.75) is 6.92 Å². The molecule has 0 saturated heterocycles. The van der Waals surface area contributed by atoms with Gasteiger partial charge in [0, 0.05) is 19.3 Å². The number of carbonyl (C=O) groups is 2. The first-order valence-corrected chi connectivity index (χ1v) is 3.23. The molecular weight excluding hydrogens is 176 g/mol. The Balaban J connectivity index is 0.000000310. The van der Waals surface area contributed by atoms with Crippen LogP contribution >= 0.6 is 0 Å². The summed E-state index contributed by atoms with van der Waals surface area (Å²) in [5.74, 6) is -1.89. The maximum Gasteiger partial charge on any atom is 0.356 e. The minimum Gasteiger partial charge on any atom is -0.481 e. The van der Waals surface area contributed by atoms with Gasteiger partial charge in [-0.3, -0.25) is 9.78 Å². The Kier molecular flexibility index (Phi) is 4.78. The van der Waals surface area contributed by atoms with Crippen LogP contribution in [0.25, 0.3) is 0 Å². The zero-order valence-corrected chi connectivity index (χ0v) is 6.84. The van der Waals surface area contributed by atoms with Gasteiger partial charge in [0.25, 0.3) is 5.97 Å². The molecule has 70 valence electrons. The predicted octanol–water partition coefficient (Wildman–Crippen LogP) is 0.266. The highest BCUT2D eigenvalue weighted by Gasteiger charge is 2.00. The summed E-state index contributed by atoms with van der Waals surface area (Å²) in [6.45, 7) is 1.08. The summed E-state index contributed by atoms with van der Waals surface area (Å²) in [5.41, 5.74) is -0.0301. The lowest BCUT2D eigenvalue weighted by Crippen LogP contribution is -1.99. The van der Waals surface area contributed by atoms with Crippen molar-refractivity contribution in [2.75, 3.05) is 0 Å². The average molecular weight is 184 g/mol. The molecule has 0 radical (unpaired) electrons. The maximum atomic E-state index is 10.1. The van der Waals surface area contributed by atoms with Gasteiger partial charge in [0.1, 0.15) is 0 Å². The van der Waals surface area contributed by atoms with Crippen LogP contribution in [0, 0.1) is 0 Å². The van der Waals surface area contributed by atoms with Gasteiger partial charge in [-0.25, -0.2) is 9.78 Å². The lowest BCUT2D eigenvalue weighted by atomic mass is 10.5. The highest BCUT2D eigenvalue weighted by Crippen LogP contribution is 1.86. The molecule has 2 N–H and O–H groups in total. The molecule has 0 aliphatic rings. The van der Waals surface area contributed by atoms with Gasteiger partial charge in [0.05, 0.1) is 6.20 Å². The molecule has 0 bridgehead atoms. The number of aromatic nitrogens is 2. The van der Waals surface area contributed by atoms with E-state index in [0.717, 1.165) is 6.92 Å². The number of hydrogen-bond acceptors (Lipinski definition) is 4. The van der Waals surface area contributed by atoms with E-state index in [1.165, 1.54) is 18.6 Å². The van der Waals surface area contributed by atoms with Crippen molar-refractivity contribution in [3.8, 4) is 0 Å². The molecule has 1 rings (SSSR count). The Morgan fingerprint density at radius 1 is 1.31 bits per heavy atom. The predicted molar refractivity (Wildman–Crippen MR) is 42.3 cm³/mol. The highest BCUT2D eigenvalue weighted by atomic mass is 16.4. The molecule has 1 heterocycles. The molecule has 6 nitrogen and oxygen atoms in total. The summed E-state index contributed by atoms with van der Waals surface area (Å²) in [7, 11) is 0. The van der Waals surface area contributed by atoms with Crippen LogP contribution in [0.15, 0.2) is 18.6 Å². The van der Waals surface area contributed by atoms with Crippen molar-refractivity contribution >= 4 is 11.9 Å². The molecule has 0 atom stereocenters. The number of aliphatic carboxylic acids is 1. The van der Waals surface area contributed by atoms with Gasteiger partial charge in [0.15, 0.2) is 5.69 Å². The molecule has 0 aromatic carbocycles. The summed E-state index contributed by atoms with van der Waals surface area (Å²) >= 11 is 0. The number of rotatable bonds is 1. The van der Waals surface area contributed by atoms with Gasteiger partial charge in [-0.05, 0) is 0 Å². The first-order valence-electron chi connectivity index (χ1n) is 3.23. The van der Waals surface area contributed by atoms with E-state index in [1.54, 1.807) is 0 Å². The van der Waals surface area contributed by atoms with E-state index >= 15 is 0 Å². The van der Waals surface area contributed by atoms with E-state index in [9.17, 15) is 4.79 Å². The fraction of sp³-hybridized carbons (Fsp3) is 0.143. The van der Waals surface area contributed by atoms with Crippen molar-refractivity contribution in [3.63, 3.8) is 0 Å². The van der Waals surface area contributed by atoms with Crippen molar-refractivity contribution < 1.29 is 19.8 Å². The number of nitrogens with zero attached hydrogens (tertiary/aromatic N) is 2. The largest absolute Gasteiger partial charge is 0.481 e. The van der Waals surface area contributed by atoms with Crippen LogP contribution in [0.2, 0.25) is 0 Å². The lowest BCUT2D eigenvalue weighted by molar-refractivity contribution is -0.134. The molecule has 1 aromatic heterocycles. The lowest BCUT2D eigenvalue weighted by Gasteiger charge is -1.86. The number of aromatic carboxylic acids is 1. The Hall–Kier alpha value is -1.98. The van der Waals surface area contributed by atoms with Crippen LogP contribution in [0.3, 0.4) is 0 Å². The van der Waals surface area contributed by atoms with Gasteiger partial charge < -0.3 is 10.2 Å². The number of hydrogen-bond donors (Lipinski definition) is 2. The molecule has 0 aliphatic carbocycles. The van der Waals surface area contributed by atoms with E-state index in [-0.39, 0.29) is 5.69 Å². The van der Waals surface area contributed by atoms with Crippen molar-refractivity contribution in [3.05, 3.63) is 24.3 Å². The SMILES string of the molecule is CC(=O)O.O=C(O)c1cnccn1. The average Bonchev–Trinajstić information content (AvgIpc) is 2.05. The second-order valence-corrected chi connectivity index (χ2v) is 1.91. The standard InChI is InChI=1S/C5H4N2O2.C2H4O2/c8-5(9)4-3-6-1-2-7-4;1-2(3)4/h1-3H,(H,8,9);1H3,(H,3,4). The Morgan fingerprint density at radius 3 is 2.08 bits per heavy atom. The molecule has 0 spiro atoms. The third kappa shape index (κ3) is 6.42. The van der Waals surface area contributed by atoms with Gasteiger partial charge in [-0.15, -0.1) is 0 Å². The normalized spacial score (nSPS) is 8.08. The molecule has 0 unspecified atom stereocenters. The smallest absolute Gasteiger partial charge is 0.356 e. The third-order valence-electron chi connectivity index (χ3n) is 0.782. The van der Waals surface area contributed by atoms with Crippen molar-refractivity contribution in [1.82, 2.24) is 9.97 Å². The van der Waals surface area contributed by atoms with E-state index in [2.05, 4.69) is 9.97 Å². The Labute approximate surface area is 73.9 Å². The van der Waals surface area contributed by atoms with Crippen LogP contribution in [-0.4, -0.2) is 32.1 Å². The molecule has 13 heavy (non-hydrogen) atoms. The molecule has 1 aromatic rings. The summed E-state index contributed by atoms with van der Waals surface area (Å²) in [6, 6.07) is 0. The fourth-order valence-electron chi connectivity index (χ4n) is 0.410.